The molecule has 0 aliphatic rings. The maximum Gasteiger partial charge on any atom is 0.246 e. The molecule has 1 heterocycles. The van der Waals surface area contributed by atoms with Crippen molar-refractivity contribution in [1.29, 1.82) is 0 Å². The maximum atomic E-state index is 12.6. The van der Waals surface area contributed by atoms with Crippen LogP contribution in [0.25, 0.3) is 0 Å². The number of pyridine rings is 1. The summed E-state index contributed by atoms with van der Waals surface area (Å²) in [5.41, 5.74) is 0. The quantitative estimate of drug-likeness (QED) is 0.748. The van der Waals surface area contributed by atoms with E-state index in [-0.39, 0.29) is 4.90 Å². The molecule has 120 valence electrons. The minimum atomic E-state index is -3.51. The number of rotatable bonds is 9. The third kappa shape index (κ3) is 5.26. The fourth-order valence-electron chi connectivity index (χ4n) is 1.87. The Labute approximate surface area is 128 Å². The third-order valence-corrected chi connectivity index (χ3v) is 4.97. The van der Waals surface area contributed by atoms with Gasteiger partial charge in [-0.1, -0.05) is 6.92 Å². The molecule has 1 rings (SSSR count). The molecular weight excluding hydrogens is 288 g/mol. The van der Waals surface area contributed by atoms with Gasteiger partial charge in [-0.2, -0.15) is 0 Å². The second-order valence-corrected chi connectivity index (χ2v) is 7.27. The van der Waals surface area contributed by atoms with Crippen LogP contribution >= 0.6 is 0 Å². The smallest absolute Gasteiger partial charge is 0.246 e. The van der Waals surface area contributed by atoms with E-state index in [4.69, 9.17) is 0 Å². The Morgan fingerprint density at radius 3 is 2.57 bits per heavy atom. The first-order chi connectivity index (χ1) is 9.89. The van der Waals surface area contributed by atoms with Crippen molar-refractivity contribution in [3.05, 3.63) is 18.3 Å². The Morgan fingerprint density at radius 2 is 1.95 bits per heavy atom. The first-order valence-electron chi connectivity index (χ1n) is 7.19. The fraction of sp³-hybridized carbons (Fsp3) is 0.643. The van der Waals surface area contributed by atoms with Crippen molar-refractivity contribution in [3.63, 3.8) is 0 Å². The van der Waals surface area contributed by atoms with Gasteiger partial charge in [0.2, 0.25) is 10.0 Å². The Kier molecular flexibility index (Phi) is 7.07. The molecule has 6 nitrogen and oxygen atoms in total. The number of hydrogen-bond acceptors (Lipinski definition) is 5. The van der Waals surface area contributed by atoms with Gasteiger partial charge in [0.25, 0.3) is 0 Å². The lowest BCUT2D eigenvalue weighted by molar-refractivity contribution is 0.370. The van der Waals surface area contributed by atoms with Crippen LogP contribution < -0.4 is 5.32 Å². The summed E-state index contributed by atoms with van der Waals surface area (Å²) < 4.78 is 26.6. The van der Waals surface area contributed by atoms with Crippen LogP contribution in [0.5, 0.6) is 0 Å². The van der Waals surface area contributed by atoms with Gasteiger partial charge in [0.15, 0.2) is 0 Å². The molecule has 1 aromatic heterocycles. The highest BCUT2D eigenvalue weighted by molar-refractivity contribution is 7.89. The van der Waals surface area contributed by atoms with Gasteiger partial charge in [-0.25, -0.2) is 17.7 Å². The molecule has 0 aromatic carbocycles. The first kappa shape index (κ1) is 17.9. The molecule has 0 unspecified atom stereocenters. The molecule has 0 atom stereocenters. The average Bonchev–Trinajstić information content (AvgIpc) is 2.44. The predicted octanol–water partition coefficient (Wildman–Crippen LogP) is 1.48. The van der Waals surface area contributed by atoms with E-state index in [1.165, 1.54) is 4.31 Å². The SMILES string of the molecule is CCCNc1ncccc1S(=O)(=O)N(C)CCCN(C)C. The van der Waals surface area contributed by atoms with Crippen molar-refractivity contribution >= 4 is 15.8 Å². The van der Waals surface area contributed by atoms with Gasteiger partial charge in [-0.15, -0.1) is 0 Å². The molecule has 1 aromatic rings. The lowest BCUT2D eigenvalue weighted by atomic mass is 10.4. The van der Waals surface area contributed by atoms with E-state index in [0.29, 0.717) is 18.9 Å². The minimum Gasteiger partial charge on any atom is -0.369 e. The Morgan fingerprint density at radius 1 is 1.24 bits per heavy atom. The fourth-order valence-corrected chi connectivity index (χ4v) is 3.20. The van der Waals surface area contributed by atoms with Crippen LogP contribution in [0.3, 0.4) is 0 Å². The zero-order valence-electron chi connectivity index (χ0n) is 13.3. The average molecular weight is 314 g/mol. The summed E-state index contributed by atoms with van der Waals surface area (Å²) in [5.74, 6) is 0.429. The van der Waals surface area contributed by atoms with Gasteiger partial charge in [-0.05, 0) is 45.6 Å². The number of anilines is 1. The molecule has 0 saturated carbocycles. The van der Waals surface area contributed by atoms with Gasteiger partial charge < -0.3 is 10.2 Å². The zero-order valence-corrected chi connectivity index (χ0v) is 14.2. The van der Waals surface area contributed by atoms with Crippen molar-refractivity contribution in [1.82, 2.24) is 14.2 Å². The van der Waals surface area contributed by atoms with E-state index in [0.717, 1.165) is 19.4 Å². The van der Waals surface area contributed by atoms with Crippen LogP contribution in [0.2, 0.25) is 0 Å². The molecule has 0 bridgehead atoms. The van der Waals surface area contributed by atoms with Gasteiger partial charge in [-0.3, -0.25) is 0 Å². The molecule has 0 amide bonds. The summed E-state index contributed by atoms with van der Waals surface area (Å²) in [4.78, 5) is 6.43. The summed E-state index contributed by atoms with van der Waals surface area (Å²) in [6.45, 7) is 4.07. The zero-order chi connectivity index (χ0) is 15.9. The van der Waals surface area contributed by atoms with Crippen molar-refractivity contribution in [2.24, 2.45) is 0 Å². The maximum absolute atomic E-state index is 12.6. The number of hydrogen-bond donors (Lipinski definition) is 1. The number of nitrogens with zero attached hydrogens (tertiary/aromatic N) is 3. The highest BCUT2D eigenvalue weighted by Gasteiger charge is 2.24. The van der Waals surface area contributed by atoms with Crippen LogP contribution in [0.4, 0.5) is 5.82 Å². The predicted molar refractivity (Wildman–Crippen MR) is 86.0 cm³/mol. The molecule has 7 heteroatoms. The molecule has 0 saturated heterocycles. The molecule has 1 N–H and O–H groups in total. The molecular formula is C14H26N4O2S. The Hall–Kier alpha value is -1.18. The second-order valence-electron chi connectivity index (χ2n) is 5.26. The van der Waals surface area contributed by atoms with Gasteiger partial charge >= 0.3 is 0 Å². The molecule has 21 heavy (non-hydrogen) atoms. The van der Waals surface area contributed by atoms with Crippen LogP contribution in [0.1, 0.15) is 19.8 Å². The van der Waals surface area contributed by atoms with Gasteiger partial charge in [0.05, 0.1) is 0 Å². The lowest BCUT2D eigenvalue weighted by Gasteiger charge is -2.20. The van der Waals surface area contributed by atoms with Crippen molar-refractivity contribution in [3.8, 4) is 0 Å². The van der Waals surface area contributed by atoms with Crippen LogP contribution in [0.15, 0.2) is 23.2 Å². The Balaban J connectivity index is 2.86. The van der Waals surface area contributed by atoms with Crippen molar-refractivity contribution in [2.45, 2.75) is 24.7 Å². The van der Waals surface area contributed by atoms with Gasteiger partial charge in [0, 0.05) is 26.3 Å². The van der Waals surface area contributed by atoms with Crippen molar-refractivity contribution in [2.75, 3.05) is 46.1 Å². The normalized spacial score (nSPS) is 12.1. The topological polar surface area (TPSA) is 65.5 Å². The Bertz CT molecular complexity index is 532. The summed E-state index contributed by atoms with van der Waals surface area (Å²) >= 11 is 0. The van der Waals surface area contributed by atoms with Crippen LogP contribution in [-0.2, 0) is 10.0 Å². The molecule has 0 aliphatic heterocycles. The lowest BCUT2D eigenvalue weighted by Crippen LogP contribution is -2.30. The first-order valence-corrected chi connectivity index (χ1v) is 8.63. The van der Waals surface area contributed by atoms with E-state index >= 15 is 0 Å². The molecule has 0 radical (unpaired) electrons. The highest BCUT2D eigenvalue weighted by atomic mass is 32.2. The molecule has 0 spiro atoms. The highest BCUT2D eigenvalue weighted by Crippen LogP contribution is 2.21. The summed E-state index contributed by atoms with van der Waals surface area (Å²) in [7, 11) is 2.05. The summed E-state index contributed by atoms with van der Waals surface area (Å²) in [6.07, 6.45) is 3.30. The van der Waals surface area contributed by atoms with E-state index in [1.54, 1.807) is 25.4 Å². The number of nitrogens with one attached hydrogen (secondary N) is 1. The summed E-state index contributed by atoms with van der Waals surface area (Å²) in [5, 5.41) is 3.07. The molecule has 0 aliphatic carbocycles. The van der Waals surface area contributed by atoms with Crippen LogP contribution in [-0.4, -0.2) is 63.4 Å². The van der Waals surface area contributed by atoms with E-state index in [1.807, 2.05) is 25.9 Å². The van der Waals surface area contributed by atoms with E-state index in [9.17, 15) is 8.42 Å². The largest absolute Gasteiger partial charge is 0.369 e. The molecule has 0 fully saturated rings. The summed E-state index contributed by atoms with van der Waals surface area (Å²) in [6, 6.07) is 3.25. The van der Waals surface area contributed by atoms with Crippen molar-refractivity contribution < 1.29 is 8.42 Å². The number of aromatic nitrogens is 1. The monoisotopic (exact) mass is 314 g/mol. The second kappa shape index (κ2) is 8.31. The minimum absolute atomic E-state index is 0.241. The third-order valence-electron chi connectivity index (χ3n) is 3.08. The van der Waals surface area contributed by atoms with E-state index < -0.39 is 10.0 Å². The number of sulfonamides is 1. The standard InChI is InChI=1S/C14H26N4O2S/c1-5-9-15-14-13(8-6-10-16-14)21(19,20)18(4)12-7-11-17(2)3/h6,8,10H,5,7,9,11-12H2,1-4H3,(H,15,16). The van der Waals surface area contributed by atoms with Gasteiger partial charge in [0.1, 0.15) is 10.7 Å². The van der Waals surface area contributed by atoms with Crippen LogP contribution in [0, 0.1) is 0 Å². The van der Waals surface area contributed by atoms with E-state index in [2.05, 4.69) is 10.3 Å².